The van der Waals surface area contributed by atoms with Gasteiger partial charge in [0.05, 0.1) is 29.0 Å². The fourth-order valence-electron chi connectivity index (χ4n) is 3.23. The minimum absolute atomic E-state index is 0.00406. The minimum atomic E-state index is -0.520. The highest BCUT2D eigenvalue weighted by Gasteiger charge is 2.35. The van der Waals surface area contributed by atoms with E-state index in [-0.39, 0.29) is 17.1 Å². The Bertz CT molecular complexity index is 1290. The van der Waals surface area contributed by atoms with E-state index in [1.54, 1.807) is 36.4 Å². The second-order valence-corrected chi connectivity index (χ2v) is 7.92. The van der Waals surface area contributed by atoms with Gasteiger partial charge in [0.15, 0.2) is 0 Å². The number of nitro benzene ring substituents is 1. The van der Waals surface area contributed by atoms with Crippen molar-refractivity contribution in [1.29, 1.82) is 0 Å². The Balaban J connectivity index is 1.54. The average Bonchev–Trinajstić information content (AvgIpc) is 3.39. The van der Waals surface area contributed by atoms with Crippen LogP contribution in [0, 0.1) is 10.1 Å². The number of thioether (sulfide) groups is 1. The molecule has 0 bridgehead atoms. The van der Waals surface area contributed by atoms with Crippen LogP contribution in [0.4, 0.5) is 10.5 Å². The van der Waals surface area contributed by atoms with E-state index in [1.165, 1.54) is 37.5 Å². The van der Waals surface area contributed by atoms with E-state index in [4.69, 9.17) is 9.15 Å². The van der Waals surface area contributed by atoms with Gasteiger partial charge in [0.2, 0.25) is 0 Å². The third kappa shape index (κ3) is 4.55. The molecule has 166 valence electrons. The van der Waals surface area contributed by atoms with E-state index in [0.29, 0.717) is 28.2 Å². The summed E-state index contributed by atoms with van der Waals surface area (Å²) in [5.74, 6) is -0.245. The van der Waals surface area contributed by atoms with Crippen LogP contribution in [-0.4, -0.2) is 34.0 Å². The van der Waals surface area contributed by atoms with Gasteiger partial charge in [0, 0.05) is 23.8 Å². The maximum Gasteiger partial charge on any atom is 0.338 e. The molecule has 0 saturated carbocycles. The summed E-state index contributed by atoms with van der Waals surface area (Å²) in [4.78, 5) is 48.7. The Hall–Kier alpha value is -4.18. The number of furan rings is 1. The van der Waals surface area contributed by atoms with Crippen LogP contribution in [0.3, 0.4) is 0 Å². The molecule has 2 heterocycles. The number of nitrogens with zero attached hydrogens (tertiary/aromatic N) is 2. The van der Waals surface area contributed by atoms with Crippen LogP contribution in [0.25, 0.3) is 17.4 Å². The zero-order chi connectivity index (χ0) is 23.5. The van der Waals surface area contributed by atoms with Crippen LogP contribution >= 0.6 is 11.8 Å². The first-order valence-electron chi connectivity index (χ1n) is 9.63. The van der Waals surface area contributed by atoms with E-state index in [2.05, 4.69) is 0 Å². The summed E-state index contributed by atoms with van der Waals surface area (Å²) in [6, 6.07) is 15.7. The Morgan fingerprint density at radius 2 is 1.85 bits per heavy atom. The van der Waals surface area contributed by atoms with Crippen molar-refractivity contribution in [1.82, 2.24) is 4.90 Å². The van der Waals surface area contributed by atoms with Gasteiger partial charge >= 0.3 is 5.97 Å². The van der Waals surface area contributed by atoms with E-state index >= 15 is 0 Å². The molecule has 4 rings (SSSR count). The van der Waals surface area contributed by atoms with Gasteiger partial charge in [-0.05, 0) is 35.5 Å². The lowest BCUT2D eigenvalue weighted by Crippen LogP contribution is -2.27. The summed E-state index contributed by atoms with van der Waals surface area (Å²) in [6.07, 6.45) is 1.46. The van der Waals surface area contributed by atoms with Gasteiger partial charge < -0.3 is 9.15 Å². The SMILES string of the molecule is COC(=O)c1ccccc1-c1ccc(/C=C2\SC(=O)N(Cc3ccc([N+](=O)[O-])cc3)C2=O)o1. The molecular formula is C23H16N2O7S. The highest BCUT2D eigenvalue weighted by molar-refractivity contribution is 8.18. The zero-order valence-corrected chi connectivity index (χ0v) is 18.0. The van der Waals surface area contributed by atoms with Crippen molar-refractivity contribution in [3.05, 3.63) is 92.6 Å². The van der Waals surface area contributed by atoms with Gasteiger partial charge in [-0.25, -0.2) is 4.79 Å². The first-order valence-corrected chi connectivity index (χ1v) is 10.5. The number of esters is 1. The molecule has 0 atom stereocenters. The molecule has 33 heavy (non-hydrogen) atoms. The molecule has 1 aliphatic rings. The molecule has 0 unspecified atom stereocenters. The summed E-state index contributed by atoms with van der Waals surface area (Å²) in [5.41, 5.74) is 1.39. The fraction of sp³-hybridized carbons (Fsp3) is 0.0870. The number of carbonyl (C=O) groups is 3. The lowest BCUT2D eigenvalue weighted by Gasteiger charge is -2.12. The normalized spacial score (nSPS) is 14.7. The second-order valence-electron chi connectivity index (χ2n) is 6.93. The van der Waals surface area contributed by atoms with Gasteiger partial charge in [0.25, 0.3) is 16.8 Å². The third-order valence-corrected chi connectivity index (χ3v) is 5.77. The zero-order valence-electron chi connectivity index (χ0n) is 17.2. The summed E-state index contributed by atoms with van der Waals surface area (Å²) in [7, 11) is 1.29. The molecule has 3 aromatic rings. The molecule has 0 N–H and O–H groups in total. The number of amides is 2. The maximum absolute atomic E-state index is 12.8. The molecular weight excluding hydrogens is 448 g/mol. The van der Waals surface area contributed by atoms with Crippen molar-refractivity contribution in [2.24, 2.45) is 0 Å². The lowest BCUT2D eigenvalue weighted by atomic mass is 10.1. The molecule has 1 fully saturated rings. The van der Waals surface area contributed by atoms with Gasteiger partial charge in [-0.15, -0.1) is 0 Å². The third-order valence-electron chi connectivity index (χ3n) is 4.86. The summed E-state index contributed by atoms with van der Waals surface area (Å²) >= 11 is 0.777. The Morgan fingerprint density at radius 3 is 2.55 bits per heavy atom. The highest BCUT2D eigenvalue weighted by atomic mass is 32.2. The van der Waals surface area contributed by atoms with Crippen molar-refractivity contribution in [2.45, 2.75) is 6.54 Å². The summed E-state index contributed by atoms with van der Waals surface area (Å²) in [5, 5.41) is 10.3. The van der Waals surface area contributed by atoms with Gasteiger partial charge in [-0.2, -0.15) is 0 Å². The lowest BCUT2D eigenvalue weighted by molar-refractivity contribution is -0.384. The number of carbonyl (C=O) groups excluding carboxylic acids is 3. The number of rotatable bonds is 6. The predicted molar refractivity (Wildman–Crippen MR) is 120 cm³/mol. The average molecular weight is 464 g/mol. The Kier molecular flexibility index (Phi) is 6.09. The highest BCUT2D eigenvalue weighted by Crippen LogP contribution is 2.35. The number of ether oxygens (including phenoxy) is 1. The number of hydrogen-bond donors (Lipinski definition) is 0. The van der Waals surface area contributed by atoms with Crippen LogP contribution in [-0.2, 0) is 16.1 Å². The van der Waals surface area contributed by atoms with E-state index in [1.807, 2.05) is 0 Å². The molecule has 2 aromatic carbocycles. The number of nitro groups is 1. The fourth-order valence-corrected chi connectivity index (χ4v) is 4.05. The van der Waals surface area contributed by atoms with Crippen LogP contribution in [0.2, 0.25) is 0 Å². The van der Waals surface area contributed by atoms with Crippen molar-refractivity contribution in [3.63, 3.8) is 0 Å². The van der Waals surface area contributed by atoms with Gasteiger partial charge in [0.1, 0.15) is 11.5 Å². The van der Waals surface area contributed by atoms with E-state index < -0.39 is 22.0 Å². The van der Waals surface area contributed by atoms with Crippen LogP contribution < -0.4 is 0 Å². The van der Waals surface area contributed by atoms with Crippen LogP contribution in [0.5, 0.6) is 0 Å². The number of hydrogen-bond acceptors (Lipinski definition) is 8. The molecule has 2 amide bonds. The van der Waals surface area contributed by atoms with Crippen molar-refractivity contribution in [3.8, 4) is 11.3 Å². The Labute approximate surface area is 191 Å². The second kappa shape index (κ2) is 9.13. The standard InChI is InChI=1S/C23H16N2O7S/c1-31-22(27)18-5-3-2-4-17(18)19-11-10-16(32-19)12-20-21(26)24(23(28)33-20)13-14-6-8-15(9-7-14)25(29)30/h2-12H,13H2,1H3/b20-12-. The van der Waals surface area contributed by atoms with Crippen molar-refractivity contribution < 1.29 is 28.5 Å². The minimum Gasteiger partial charge on any atom is -0.465 e. The van der Waals surface area contributed by atoms with Crippen molar-refractivity contribution in [2.75, 3.05) is 7.11 Å². The van der Waals surface area contributed by atoms with Crippen LogP contribution in [0.1, 0.15) is 21.7 Å². The van der Waals surface area contributed by atoms with Crippen molar-refractivity contribution >= 4 is 40.6 Å². The molecule has 0 aliphatic carbocycles. The number of benzene rings is 2. The smallest absolute Gasteiger partial charge is 0.338 e. The van der Waals surface area contributed by atoms with Crippen LogP contribution in [0.15, 0.2) is 70.0 Å². The number of non-ortho nitro benzene ring substituents is 1. The van der Waals surface area contributed by atoms with Gasteiger partial charge in [-0.1, -0.05) is 30.3 Å². The maximum atomic E-state index is 12.8. The largest absolute Gasteiger partial charge is 0.465 e. The summed E-state index contributed by atoms with van der Waals surface area (Å²) in [6.45, 7) is -0.00406. The first-order chi connectivity index (χ1) is 15.9. The van der Waals surface area contributed by atoms with Gasteiger partial charge in [-0.3, -0.25) is 24.6 Å². The quantitative estimate of drug-likeness (QED) is 0.219. The predicted octanol–water partition coefficient (Wildman–Crippen LogP) is 4.88. The molecule has 9 nitrogen and oxygen atoms in total. The number of methoxy groups -OCH3 is 1. The molecule has 1 saturated heterocycles. The molecule has 10 heteroatoms. The monoisotopic (exact) mass is 464 g/mol. The van der Waals surface area contributed by atoms with E-state index in [0.717, 1.165) is 16.7 Å². The molecule has 0 spiro atoms. The first kappa shape index (κ1) is 22.0. The summed E-state index contributed by atoms with van der Waals surface area (Å²) < 4.78 is 10.6. The number of imide groups is 1. The van der Waals surface area contributed by atoms with E-state index in [9.17, 15) is 24.5 Å². The molecule has 1 aliphatic heterocycles. The topological polar surface area (TPSA) is 120 Å². The molecule has 0 radical (unpaired) electrons. The Morgan fingerprint density at radius 1 is 1.12 bits per heavy atom. The molecule has 1 aromatic heterocycles.